The van der Waals surface area contributed by atoms with E-state index in [0.717, 1.165) is 22.2 Å². The summed E-state index contributed by atoms with van der Waals surface area (Å²) in [5.41, 5.74) is 4.86. The highest BCUT2D eigenvalue weighted by Crippen LogP contribution is 2.23. The van der Waals surface area contributed by atoms with Crippen LogP contribution < -0.4 is 20.9 Å². The fraction of sp³-hybridized carbons (Fsp3) is 0.292. The molecule has 4 N–H and O–H groups in total. The zero-order chi connectivity index (χ0) is 23.4. The second kappa shape index (κ2) is 9.93. The Morgan fingerprint density at radius 2 is 1.94 bits per heavy atom. The number of nitrogens with zero attached hydrogens (tertiary/aromatic N) is 1. The van der Waals surface area contributed by atoms with Gasteiger partial charge in [-0.25, -0.2) is 9.87 Å². The number of ether oxygens (including phenoxy) is 1. The molecule has 0 spiro atoms. The molecule has 4 rings (SSSR count). The molecule has 0 radical (unpaired) electrons. The van der Waals surface area contributed by atoms with Gasteiger partial charge in [-0.15, -0.1) is 0 Å². The molecule has 0 bridgehead atoms. The first-order valence-electron chi connectivity index (χ1n) is 10.6. The first-order chi connectivity index (χ1) is 15.9. The van der Waals surface area contributed by atoms with Gasteiger partial charge in [0, 0.05) is 28.9 Å². The number of halogens is 1. The van der Waals surface area contributed by atoms with E-state index in [0.29, 0.717) is 18.0 Å². The highest BCUT2D eigenvalue weighted by molar-refractivity contribution is 5.98. The zero-order valence-corrected chi connectivity index (χ0v) is 18.0. The van der Waals surface area contributed by atoms with Crippen molar-refractivity contribution in [3.05, 3.63) is 65.9 Å². The smallest absolute Gasteiger partial charge is 0.248 e. The molecule has 0 unspecified atom stereocenters. The van der Waals surface area contributed by atoms with Crippen LogP contribution in [0.1, 0.15) is 17.7 Å². The van der Waals surface area contributed by atoms with E-state index < -0.39 is 29.9 Å². The van der Waals surface area contributed by atoms with Gasteiger partial charge in [0.25, 0.3) is 0 Å². The van der Waals surface area contributed by atoms with Crippen LogP contribution in [0.25, 0.3) is 10.9 Å². The predicted molar refractivity (Wildman–Crippen MR) is 121 cm³/mol. The number of aryl methyl sites for hydroxylation is 1. The molecule has 1 aliphatic heterocycles. The van der Waals surface area contributed by atoms with Gasteiger partial charge in [-0.05, 0) is 49.7 Å². The molecule has 1 aromatic heterocycles. The number of benzene rings is 2. The topological polar surface area (TPSA) is 113 Å². The molecule has 0 aliphatic carbocycles. The molecule has 0 saturated carbocycles. The average molecular weight is 452 g/mol. The maximum absolute atomic E-state index is 13.7. The minimum atomic E-state index is -1.27. The molecule has 2 heterocycles. The lowest BCUT2D eigenvalue weighted by molar-refractivity contribution is -0.139. The van der Waals surface area contributed by atoms with Crippen LogP contribution in [0.3, 0.4) is 0 Å². The first-order valence-corrected chi connectivity index (χ1v) is 10.6. The Labute approximate surface area is 190 Å². The Morgan fingerprint density at radius 1 is 1.18 bits per heavy atom. The number of hydrogen-bond donors (Lipinski definition) is 4. The summed E-state index contributed by atoms with van der Waals surface area (Å²) < 4.78 is 19.6. The Morgan fingerprint density at radius 3 is 2.70 bits per heavy atom. The maximum atomic E-state index is 13.7. The Balaban J connectivity index is 1.40. The number of para-hydroxylation sites is 1. The highest BCUT2D eigenvalue weighted by Gasteiger charge is 2.39. The largest absolute Gasteiger partial charge is 0.489 e. The summed E-state index contributed by atoms with van der Waals surface area (Å²) in [6.07, 6.45) is -1.41. The number of pyridine rings is 1. The molecule has 8 nitrogen and oxygen atoms in total. The molecule has 9 heteroatoms. The van der Waals surface area contributed by atoms with Gasteiger partial charge in [-0.3, -0.25) is 19.8 Å². The predicted octanol–water partition coefficient (Wildman–Crippen LogP) is 2.88. The van der Waals surface area contributed by atoms with Gasteiger partial charge in [0.05, 0.1) is 17.5 Å². The highest BCUT2D eigenvalue weighted by atomic mass is 19.1. The molecule has 172 valence electrons. The van der Waals surface area contributed by atoms with Gasteiger partial charge in [0.1, 0.15) is 18.5 Å². The number of rotatable bonds is 6. The number of hydroxylamine groups is 1. The molecule has 3 aromatic rings. The van der Waals surface area contributed by atoms with Crippen molar-refractivity contribution in [1.82, 2.24) is 15.8 Å². The number of amides is 2. The van der Waals surface area contributed by atoms with E-state index in [2.05, 4.69) is 15.6 Å². The number of carbonyl (C=O) groups is 2. The third kappa shape index (κ3) is 5.27. The quantitative estimate of drug-likeness (QED) is 0.338. The van der Waals surface area contributed by atoms with Crippen molar-refractivity contribution >= 4 is 28.4 Å². The van der Waals surface area contributed by atoms with Crippen molar-refractivity contribution in [2.24, 2.45) is 5.92 Å². The third-order valence-electron chi connectivity index (χ3n) is 5.65. The Bertz CT molecular complexity index is 1150. The van der Waals surface area contributed by atoms with Crippen molar-refractivity contribution in [2.45, 2.75) is 32.2 Å². The van der Waals surface area contributed by atoms with Gasteiger partial charge < -0.3 is 15.4 Å². The van der Waals surface area contributed by atoms with Crippen LogP contribution in [0.4, 0.5) is 10.1 Å². The van der Waals surface area contributed by atoms with Crippen molar-refractivity contribution in [1.29, 1.82) is 0 Å². The van der Waals surface area contributed by atoms with E-state index in [4.69, 9.17) is 9.94 Å². The molecule has 1 aliphatic rings. The summed E-state index contributed by atoms with van der Waals surface area (Å²) >= 11 is 0. The molecule has 3 atom stereocenters. The van der Waals surface area contributed by atoms with Crippen LogP contribution in [0.15, 0.2) is 54.6 Å². The number of fused-ring (bicyclic) bond motifs is 1. The number of carbonyl (C=O) groups excluding carboxylic acids is 2. The zero-order valence-electron chi connectivity index (χ0n) is 18.0. The third-order valence-corrected chi connectivity index (χ3v) is 5.65. The van der Waals surface area contributed by atoms with Crippen molar-refractivity contribution in [3.8, 4) is 5.75 Å². The van der Waals surface area contributed by atoms with Gasteiger partial charge in [-0.1, -0.05) is 18.2 Å². The van der Waals surface area contributed by atoms with Crippen molar-refractivity contribution in [2.75, 3.05) is 11.9 Å². The monoisotopic (exact) mass is 452 g/mol. The summed E-state index contributed by atoms with van der Waals surface area (Å²) in [5.74, 6) is -1.67. The summed E-state index contributed by atoms with van der Waals surface area (Å²) in [7, 11) is 0. The van der Waals surface area contributed by atoms with Crippen LogP contribution in [0, 0.1) is 12.8 Å². The van der Waals surface area contributed by atoms with Crippen LogP contribution >= 0.6 is 0 Å². The summed E-state index contributed by atoms with van der Waals surface area (Å²) in [5, 5.41) is 15.4. The first kappa shape index (κ1) is 22.6. The van der Waals surface area contributed by atoms with Gasteiger partial charge in [0.2, 0.25) is 11.8 Å². The van der Waals surface area contributed by atoms with E-state index >= 15 is 0 Å². The van der Waals surface area contributed by atoms with E-state index in [9.17, 15) is 14.0 Å². The molecule has 1 saturated heterocycles. The van der Waals surface area contributed by atoms with Crippen molar-refractivity contribution in [3.63, 3.8) is 0 Å². The van der Waals surface area contributed by atoms with Crippen LogP contribution in [0.5, 0.6) is 5.75 Å². The second-order valence-corrected chi connectivity index (χ2v) is 8.04. The van der Waals surface area contributed by atoms with Gasteiger partial charge in [0.15, 0.2) is 0 Å². The molecular formula is C24H25FN4O4. The number of piperidine rings is 1. The van der Waals surface area contributed by atoms with Crippen LogP contribution in [0.2, 0.25) is 0 Å². The number of anilines is 1. The van der Waals surface area contributed by atoms with Gasteiger partial charge in [-0.2, -0.15) is 0 Å². The average Bonchev–Trinajstić information content (AvgIpc) is 2.82. The number of alkyl halides is 1. The minimum Gasteiger partial charge on any atom is -0.489 e. The lowest BCUT2D eigenvalue weighted by atomic mass is 9.88. The van der Waals surface area contributed by atoms with Crippen LogP contribution in [-0.4, -0.2) is 40.8 Å². The second-order valence-electron chi connectivity index (χ2n) is 8.04. The van der Waals surface area contributed by atoms with Crippen molar-refractivity contribution < 1.29 is 23.9 Å². The summed E-state index contributed by atoms with van der Waals surface area (Å²) in [4.78, 5) is 29.0. The Kier molecular flexibility index (Phi) is 6.81. The molecular weight excluding hydrogens is 427 g/mol. The lowest BCUT2D eigenvalue weighted by Gasteiger charge is -2.31. The number of nitrogens with one attached hydrogen (secondary N) is 3. The fourth-order valence-electron chi connectivity index (χ4n) is 4.04. The van der Waals surface area contributed by atoms with E-state index in [1.165, 1.54) is 5.48 Å². The number of hydrogen-bond acceptors (Lipinski definition) is 6. The minimum absolute atomic E-state index is 0.0385. The molecule has 1 fully saturated rings. The van der Waals surface area contributed by atoms with E-state index in [1.54, 1.807) is 24.3 Å². The molecule has 33 heavy (non-hydrogen) atoms. The standard InChI is InChI=1S/C24H25FN4O4/c1-14-10-15(19-4-2-3-5-21(19)27-14)13-33-18-8-6-17(7-9-18)28-24(31)22-20(23(30)29-32)11-16(25)12-26-22/h2-10,16,20,22,26,32H,11-13H2,1H3,(H,28,31)(H,29,30)/t16-,20+,22+/m1/s1. The summed E-state index contributed by atoms with van der Waals surface area (Å²) in [6, 6.07) is 15.8. The Hall–Kier alpha value is -3.56. The lowest BCUT2D eigenvalue weighted by Crippen LogP contribution is -2.56. The SMILES string of the molecule is Cc1cc(COc2ccc(NC(=O)[C@H]3NC[C@H](F)C[C@@H]3C(=O)NO)cc2)c2ccccc2n1. The maximum Gasteiger partial charge on any atom is 0.248 e. The normalized spacial score (nSPS) is 20.3. The molecule has 2 amide bonds. The van der Waals surface area contributed by atoms with Gasteiger partial charge >= 0.3 is 0 Å². The number of aromatic nitrogens is 1. The summed E-state index contributed by atoms with van der Waals surface area (Å²) in [6.45, 7) is 2.27. The fourth-order valence-corrected chi connectivity index (χ4v) is 4.04. The van der Waals surface area contributed by atoms with Crippen LogP contribution in [-0.2, 0) is 16.2 Å². The van der Waals surface area contributed by atoms with E-state index in [1.807, 2.05) is 37.3 Å². The molecule has 2 aromatic carbocycles. The van der Waals surface area contributed by atoms with E-state index in [-0.39, 0.29) is 13.0 Å².